The van der Waals surface area contributed by atoms with Crippen LogP contribution >= 0.6 is 0 Å². The van der Waals surface area contributed by atoms with Crippen LogP contribution in [0.25, 0.3) is 0 Å². The summed E-state index contributed by atoms with van der Waals surface area (Å²) in [6, 6.07) is 4.40. The van der Waals surface area contributed by atoms with Crippen LogP contribution in [0.2, 0.25) is 0 Å². The summed E-state index contributed by atoms with van der Waals surface area (Å²) in [4.78, 5) is 25.8. The van der Waals surface area contributed by atoms with Crippen molar-refractivity contribution < 1.29 is 27.5 Å². The normalized spacial score (nSPS) is 22.5. The van der Waals surface area contributed by atoms with Crippen molar-refractivity contribution in [2.45, 2.75) is 57.0 Å². The zero-order valence-corrected chi connectivity index (χ0v) is 13.5. The van der Waals surface area contributed by atoms with Crippen LogP contribution in [0.4, 0.5) is 18.9 Å². The lowest BCUT2D eigenvalue weighted by molar-refractivity contribution is -0.274. The highest BCUT2D eigenvalue weighted by molar-refractivity contribution is 6.22. The minimum absolute atomic E-state index is 0.0656. The fourth-order valence-electron chi connectivity index (χ4n) is 3.38. The predicted octanol–water partition coefficient (Wildman–Crippen LogP) is 3.14. The SMILES string of the molecule is O=C1CC(NC2CCCCC2)C(=O)N1c1ccc(OC(F)(F)F)cc1. The summed E-state index contributed by atoms with van der Waals surface area (Å²) in [5.41, 5.74) is 0.248. The maximum absolute atomic E-state index is 12.5. The van der Waals surface area contributed by atoms with Crippen LogP contribution in [0.15, 0.2) is 24.3 Å². The first-order valence-corrected chi connectivity index (χ1v) is 8.32. The molecule has 25 heavy (non-hydrogen) atoms. The minimum atomic E-state index is -4.78. The molecular weight excluding hydrogens is 337 g/mol. The second-order valence-corrected chi connectivity index (χ2v) is 6.37. The van der Waals surface area contributed by atoms with Crippen molar-refractivity contribution in [3.05, 3.63) is 24.3 Å². The van der Waals surface area contributed by atoms with Gasteiger partial charge in [-0.15, -0.1) is 13.2 Å². The number of rotatable bonds is 4. The van der Waals surface area contributed by atoms with Gasteiger partial charge < -0.3 is 10.1 Å². The summed E-state index contributed by atoms with van der Waals surface area (Å²) < 4.78 is 40.4. The molecule has 8 heteroatoms. The number of hydrogen-bond donors (Lipinski definition) is 1. The van der Waals surface area contributed by atoms with Gasteiger partial charge in [0.1, 0.15) is 5.75 Å². The van der Waals surface area contributed by atoms with Crippen molar-refractivity contribution in [3.8, 4) is 5.75 Å². The van der Waals surface area contributed by atoms with Gasteiger partial charge in [0.15, 0.2) is 0 Å². The molecule has 1 heterocycles. The Labute approximate surface area is 143 Å². The third-order valence-corrected chi connectivity index (χ3v) is 4.52. The largest absolute Gasteiger partial charge is 0.573 e. The molecule has 136 valence electrons. The van der Waals surface area contributed by atoms with E-state index in [0.717, 1.165) is 42.7 Å². The molecule has 1 unspecified atom stereocenters. The van der Waals surface area contributed by atoms with Crippen LogP contribution in [0.3, 0.4) is 0 Å². The van der Waals surface area contributed by atoms with E-state index in [0.29, 0.717) is 0 Å². The van der Waals surface area contributed by atoms with Crippen LogP contribution in [-0.2, 0) is 9.59 Å². The average Bonchev–Trinajstić information content (AvgIpc) is 2.82. The van der Waals surface area contributed by atoms with Gasteiger partial charge in [-0.2, -0.15) is 0 Å². The molecule has 3 rings (SSSR count). The van der Waals surface area contributed by atoms with Crippen molar-refractivity contribution in [3.63, 3.8) is 0 Å². The molecular formula is C17H19F3N2O3. The molecule has 1 aliphatic carbocycles. The number of imide groups is 1. The molecule has 0 spiro atoms. The monoisotopic (exact) mass is 356 g/mol. The molecule has 1 atom stereocenters. The number of amides is 2. The Kier molecular flexibility index (Phi) is 4.99. The topological polar surface area (TPSA) is 58.6 Å². The number of nitrogens with one attached hydrogen (secondary N) is 1. The first-order valence-electron chi connectivity index (χ1n) is 8.32. The Morgan fingerprint density at radius 1 is 1.04 bits per heavy atom. The second kappa shape index (κ2) is 7.03. The van der Waals surface area contributed by atoms with Gasteiger partial charge in [-0.1, -0.05) is 19.3 Å². The molecule has 1 aromatic rings. The second-order valence-electron chi connectivity index (χ2n) is 6.37. The first-order chi connectivity index (χ1) is 11.8. The van der Waals surface area contributed by atoms with Crippen molar-refractivity contribution >= 4 is 17.5 Å². The lowest BCUT2D eigenvalue weighted by atomic mass is 9.95. The highest BCUT2D eigenvalue weighted by atomic mass is 19.4. The number of nitrogens with zero attached hydrogens (tertiary/aromatic N) is 1. The third-order valence-electron chi connectivity index (χ3n) is 4.52. The van der Waals surface area contributed by atoms with Crippen molar-refractivity contribution in [2.75, 3.05) is 4.90 Å². The smallest absolute Gasteiger partial charge is 0.406 e. The molecule has 0 radical (unpaired) electrons. The highest BCUT2D eigenvalue weighted by Gasteiger charge is 2.40. The Morgan fingerprint density at radius 3 is 2.28 bits per heavy atom. The zero-order valence-electron chi connectivity index (χ0n) is 13.5. The van der Waals surface area contributed by atoms with E-state index in [4.69, 9.17) is 0 Å². The molecule has 5 nitrogen and oxygen atoms in total. The Morgan fingerprint density at radius 2 is 1.68 bits per heavy atom. The third kappa shape index (κ3) is 4.31. The standard InChI is InChI=1S/C17H19F3N2O3/c18-17(19,20)25-13-8-6-12(7-9-13)22-15(23)10-14(16(22)24)21-11-4-2-1-3-5-11/h6-9,11,14,21H,1-5,10H2. The molecule has 1 saturated carbocycles. The predicted molar refractivity (Wildman–Crippen MR) is 84.0 cm³/mol. The first kappa shape index (κ1) is 17.7. The van der Waals surface area contributed by atoms with Crippen LogP contribution in [-0.4, -0.2) is 30.3 Å². The number of carbonyl (C=O) groups excluding carboxylic acids is 2. The van der Waals surface area contributed by atoms with Gasteiger partial charge in [0.25, 0.3) is 5.91 Å². The minimum Gasteiger partial charge on any atom is -0.406 e. The van der Waals surface area contributed by atoms with Crippen molar-refractivity contribution in [2.24, 2.45) is 0 Å². The van der Waals surface area contributed by atoms with Gasteiger partial charge in [-0.3, -0.25) is 9.59 Å². The number of hydrogen-bond acceptors (Lipinski definition) is 4. The Bertz CT molecular complexity index is 640. The van der Waals surface area contributed by atoms with E-state index in [1.54, 1.807) is 0 Å². The molecule has 1 saturated heterocycles. The summed E-state index contributed by atoms with van der Waals surface area (Å²) in [5, 5.41) is 3.25. The van der Waals surface area contributed by atoms with Crippen LogP contribution in [0, 0.1) is 0 Å². The number of alkyl halides is 3. The van der Waals surface area contributed by atoms with E-state index in [9.17, 15) is 22.8 Å². The van der Waals surface area contributed by atoms with Crippen LogP contribution < -0.4 is 15.0 Å². The lowest BCUT2D eigenvalue weighted by Crippen LogP contribution is -2.44. The molecule has 0 aromatic heterocycles. The molecule has 0 bridgehead atoms. The number of carbonyl (C=O) groups is 2. The summed E-state index contributed by atoms with van der Waals surface area (Å²) in [5.74, 6) is -1.12. The van der Waals surface area contributed by atoms with Gasteiger partial charge in [-0.05, 0) is 37.1 Å². The molecule has 2 amide bonds. The van der Waals surface area contributed by atoms with E-state index in [-0.39, 0.29) is 30.0 Å². The lowest BCUT2D eigenvalue weighted by Gasteiger charge is -2.25. The van der Waals surface area contributed by atoms with E-state index in [1.807, 2.05) is 0 Å². The van der Waals surface area contributed by atoms with E-state index >= 15 is 0 Å². The molecule has 2 fully saturated rings. The number of anilines is 1. The fourth-order valence-corrected chi connectivity index (χ4v) is 3.38. The van der Waals surface area contributed by atoms with Gasteiger partial charge in [0.2, 0.25) is 5.91 Å². The van der Waals surface area contributed by atoms with Gasteiger partial charge in [0.05, 0.1) is 18.2 Å². The molecule has 1 N–H and O–H groups in total. The van der Waals surface area contributed by atoms with Crippen molar-refractivity contribution in [1.82, 2.24) is 5.32 Å². The van der Waals surface area contributed by atoms with Gasteiger partial charge in [0, 0.05) is 6.04 Å². The maximum atomic E-state index is 12.5. The molecule has 1 aliphatic heterocycles. The maximum Gasteiger partial charge on any atom is 0.573 e. The summed E-state index contributed by atoms with van der Waals surface area (Å²) in [6.07, 6.45) is 0.664. The van der Waals surface area contributed by atoms with E-state index < -0.39 is 18.2 Å². The van der Waals surface area contributed by atoms with E-state index in [2.05, 4.69) is 10.1 Å². The summed E-state index contributed by atoms with van der Waals surface area (Å²) in [6.45, 7) is 0. The number of ether oxygens (including phenoxy) is 1. The van der Waals surface area contributed by atoms with Gasteiger partial charge >= 0.3 is 6.36 Å². The highest BCUT2D eigenvalue weighted by Crippen LogP contribution is 2.28. The quantitative estimate of drug-likeness (QED) is 0.842. The van der Waals surface area contributed by atoms with E-state index in [1.165, 1.54) is 18.6 Å². The van der Waals surface area contributed by atoms with Crippen molar-refractivity contribution in [1.29, 1.82) is 0 Å². The Balaban J connectivity index is 1.67. The molecule has 1 aromatic carbocycles. The number of halogens is 3. The average molecular weight is 356 g/mol. The summed E-state index contributed by atoms with van der Waals surface area (Å²) in [7, 11) is 0. The molecule has 2 aliphatic rings. The van der Waals surface area contributed by atoms with Crippen LogP contribution in [0.5, 0.6) is 5.75 Å². The number of benzene rings is 1. The fraction of sp³-hybridized carbons (Fsp3) is 0.529. The summed E-state index contributed by atoms with van der Waals surface area (Å²) >= 11 is 0. The zero-order chi connectivity index (χ0) is 18.0. The van der Waals surface area contributed by atoms with Gasteiger partial charge in [-0.25, -0.2) is 4.90 Å². The van der Waals surface area contributed by atoms with Crippen LogP contribution in [0.1, 0.15) is 38.5 Å². The Hall–Kier alpha value is -2.09.